The highest BCUT2D eigenvalue weighted by atomic mass is 30.4. The summed E-state index contributed by atoms with van der Waals surface area (Å²) in [5.74, 6) is 1.000. The van der Waals surface area contributed by atoms with Crippen LogP contribution in [0.5, 0.6) is 5.75 Å². The molecular formula is C17H46O4Si9. The van der Waals surface area contributed by atoms with Gasteiger partial charge in [-0.2, -0.15) is 0 Å². The fraction of sp³-hybridized carbons (Fsp3) is 0.647. The van der Waals surface area contributed by atoms with Crippen molar-refractivity contribution < 1.29 is 18.0 Å². The van der Waals surface area contributed by atoms with Gasteiger partial charge in [-0.05, 0) is 99.1 Å². The molecule has 0 aromatic heterocycles. The molecule has 4 nitrogen and oxygen atoms in total. The molecule has 1 atom stereocenters. The van der Waals surface area contributed by atoms with Crippen LogP contribution < -0.4 is 4.74 Å². The molecule has 0 spiro atoms. The van der Waals surface area contributed by atoms with Crippen molar-refractivity contribution in [3.05, 3.63) is 28.8 Å². The third-order valence-electron chi connectivity index (χ3n) is 6.73. The molecule has 0 saturated carbocycles. The summed E-state index contributed by atoms with van der Waals surface area (Å²) in [7, 11) is 6.94. The van der Waals surface area contributed by atoms with Crippen LogP contribution in [0.2, 0.25) is 6.04 Å². The summed E-state index contributed by atoms with van der Waals surface area (Å²) < 4.78 is 25.8. The van der Waals surface area contributed by atoms with E-state index in [1.807, 2.05) is 0 Å². The Labute approximate surface area is 203 Å². The number of hydrogen-bond acceptors (Lipinski definition) is 4. The van der Waals surface area contributed by atoms with Crippen LogP contribution >= 0.6 is 0 Å². The summed E-state index contributed by atoms with van der Waals surface area (Å²) in [4.78, 5) is 0. The number of benzene rings is 1. The van der Waals surface area contributed by atoms with E-state index in [0.717, 1.165) is 25.6 Å². The van der Waals surface area contributed by atoms with Crippen molar-refractivity contribution in [2.45, 2.75) is 47.1 Å². The summed E-state index contributed by atoms with van der Waals surface area (Å²) in [6, 6.07) is 5.84. The summed E-state index contributed by atoms with van der Waals surface area (Å²) in [6.45, 7) is 10.4. The van der Waals surface area contributed by atoms with Gasteiger partial charge in [-0.3, -0.25) is 0 Å². The van der Waals surface area contributed by atoms with Gasteiger partial charge in [0.2, 0.25) is 0 Å². The van der Waals surface area contributed by atoms with E-state index in [9.17, 15) is 0 Å². The summed E-state index contributed by atoms with van der Waals surface area (Å²) in [5, 5.41) is 0. The zero-order valence-electron chi connectivity index (χ0n) is 21.4. The molecule has 0 bridgehead atoms. The lowest BCUT2D eigenvalue weighted by atomic mass is 10.0. The Morgan fingerprint density at radius 1 is 0.900 bits per heavy atom. The second-order valence-corrected chi connectivity index (χ2v) is 117. The Balaban J connectivity index is 3.58. The van der Waals surface area contributed by atoms with E-state index in [4.69, 9.17) is 18.0 Å². The van der Waals surface area contributed by atoms with Crippen LogP contribution in [0, 0.1) is 13.8 Å². The Bertz CT molecular complexity index is 678. The average molecular weight is 567 g/mol. The fourth-order valence-electron chi connectivity index (χ4n) is 5.07. The Hall–Kier alpha value is 0.852. The predicted octanol–water partition coefficient (Wildman–Crippen LogP) is -3.43. The molecule has 0 amide bonds. The van der Waals surface area contributed by atoms with E-state index >= 15 is 0 Å². The van der Waals surface area contributed by atoms with Gasteiger partial charge in [-0.25, -0.2) is 0 Å². The van der Waals surface area contributed by atoms with Crippen molar-refractivity contribution in [1.82, 2.24) is 0 Å². The van der Waals surface area contributed by atoms with Gasteiger partial charge in [0.05, 0.1) is 7.11 Å². The monoisotopic (exact) mass is 566 g/mol. The standard InChI is InChI=1S/C17H46O4Si9/c1-7-19-27(20-8-2)28(30(24,25)26,29(22,23)21-9-3)11-10-16-13-17(18-6)12-14(4)15(16)5/h12-13,27H,7-11H2,1-6,22-26H3. The van der Waals surface area contributed by atoms with Crippen molar-refractivity contribution in [3.63, 3.8) is 0 Å². The molecule has 0 saturated heterocycles. The molecule has 1 aromatic carbocycles. The normalized spacial score (nSPS) is 18.5. The lowest BCUT2D eigenvalue weighted by molar-refractivity contribution is 0.229. The van der Waals surface area contributed by atoms with Gasteiger partial charge >= 0.3 is 0 Å². The second kappa shape index (κ2) is 12.4. The van der Waals surface area contributed by atoms with Crippen molar-refractivity contribution >= 4 is 77.2 Å². The number of aryl methyl sites for hydroxylation is 2. The third-order valence-corrected chi connectivity index (χ3v) is 157. The van der Waals surface area contributed by atoms with Gasteiger partial charge in [0.15, 0.2) is 0 Å². The molecule has 1 aromatic rings. The van der Waals surface area contributed by atoms with Crippen LogP contribution in [-0.2, 0) is 19.7 Å². The topological polar surface area (TPSA) is 36.9 Å². The smallest absolute Gasteiger partial charge is 0.296 e. The number of rotatable bonds is 13. The van der Waals surface area contributed by atoms with Crippen LogP contribution in [-0.4, -0.2) is 104 Å². The fourth-order valence-corrected chi connectivity index (χ4v) is 279. The van der Waals surface area contributed by atoms with Gasteiger partial charge < -0.3 is 18.0 Å². The molecule has 0 fully saturated rings. The lowest BCUT2D eigenvalue weighted by Gasteiger charge is -2.53. The highest BCUT2D eigenvalue weighted by Gasteiger charge is 2.64. The molecule has 1 rings (SSSR count). The van der Waals surface area contributed by atoms with Gasteiger partial charge in [0.25, 0.3) is 8.80 Å². The van der Waals surface area contributed by atoms with Gasteiger partial charge in [-0.1, -0.05) is 6.04 Å². The highest BCUT2D eigenvalue weighted by molar-refractivity contribution is 8.11. The van der Waals surface area contributed by atoms with Crippen molar-refractivity contribution in [1.29, 1.82) is 0 Å². The van der Waals surface area contributed by atoms with Crippen molar-refractivity contribution in [2.24, 2.45) is 0 Å². The summed E-state index contributed by atoms with van der Waals surface area (Å²) >= 11 is 0. The minimum absolute atomic E-state index is 0.817. The largest absolute Gasteiger partial charge is 0.497 e. The third kappa shape index (κ3) is 6.46. The first kappa shape index (κ1) is 28.9. The van der Waals surface area contributed by atoms with Crippen LogP contribution in [0.1, 0.15) is 37.5 Å². The maximum atomic E-state index is 6.86. The van der Waals surface area contributed by atoms with E-state index < -0.39 is 28.4 Å². The Kier molecular flexibility index (Phi) is 11.9. The maximum absolute atomic E-state index is 6.86. The average Bonchev–Trinajstić information content (AvgIpc) is 2.64. The first-order valence-electron chi connectivity index (χ1n) is 11.4. The van der Waals surface area contributed by atoms with Gasteiger partial charge in [0, 0.05) is 45.5 Å². The highest BCUT2D eigenvalue weighted by Crippen LogP contribution is 2.32. The van der Waals surface area contributed by atoms with Crippen molar-refractivity contribution in [2.75, 3.05) is 26.9 Å². The molecule has 1 unspecified atom stereocenters. The van der Waals surface area contributed by atoms with Crippen LogP contribution in [0.3, 0.4) is 0 Å². The molecular weight excluding hydrogens is 521 g/mol. The minimum Gasteiger partial charge on any atom is -0.497 e. The molecule has 0 N–H and O–H groups in total. The summed E-state index contributed by atoms with van der Waals surface area (Å²) in [6.07, 6.45) is 0.0625. The number of hydrogen-bond donors (Lipinski definition) is 0. The first-order chi connectivity index (χ1) is 13.9. The maximum Gasteiger partial charge on any atom is 0.296 e. The van der Waals surface area contributed by atoms with E-state index in [0.29, 0.717) is 0 Å². The summed E-state index contributed by atoms with van der Waals surface area (Å²) in [5.41, 5.74) is 4.27. The zero-order chi connectivity index (χ0) is 23.2. The number of methoxy groups -OCH3 is 1. The van der Waals surface area contributed by atoms with E-state index in [1.165, 1.54) is 78.0 Å². The van der Waals surface area contributed by atoms with Gasteiger partial charge in [-0.15, -0.1) is 0 Å². The molecule has 0 aliphatic carbocycles. The van der Waals surface area contributed by atoms with Crippen LogP contribution in [0.15, 0.2) is 12.1 Å². The van der Waals surface area contributed by atoms with Crippen LogP contribution in [0.4, 0.5) is 0 Å². The molecule has 0 aliphatic heterocycles. The Morgan fingerprint density at radius 3 is 1.90 bits per heavy atom. The quantitative estimate of drug-likeness (QED) is 0.233. The lowest BCUT2D eigenvalue weighted by Crippen LogP contribution is -2.89. The SMILES string of the molecule is CCO[SiH](OCC)[Si](CCc1cc(OC)cc(C)c1C)([Si]([SiH3])([SiH3])[SiH3])[Si]([SiH3])([SiH3])OCC. The predicted molar refractivity (Wildman–Crippen MR) is 160 cm³/mol. The minimum atomic E-state index is -1.68. The second-order valence-electron chi connectivity index (χ2n) is 9.64. The molecule has 0 aliphatic rings. The zero-order valence-corrected chi connectivity index (χ0v) is 35.6. The molecule has 13 heteroatoms. The molecule has 174 valence electrons. The van der Waals surface area contributed by atoms with E-state index in [-0.39, 0.29) is 0 Å². The molecule has 0 heterocycles. The first-order valence-corrected chi connectivity index (χ1v) is 39.8. The molecule has 30 heavy (non-hydrogen) atoms. The van der Waals surface area contributed by atoms with Gasteiger partial charge in [0.1, 0.15) is 19.2 Å². The number of ether oxygens (including phenoxy) is 1. The molecule has 0 radical (unpaired) electrons. The van der Waals surface area contributed by atoms with Crippen LogP contribution in [0.25, 0.3) is 0 Å². The Morgan fingerprint density at radius 2 is 1.47 bits per heavy atom. The van der Waals surface area contributed by atoms with Crippen molar-refractivity contribution in [3.8, 4) is 5.75 Å². The van der Waals surface area contributed by atoms with E-state index in [2.05, 4.69) is 46.8 Å². The van der Waals surface area contributed by atoms with E-state index in [1.54, 1.807) is 7.11 Å².